The van der Waals surface area contributed by atoms with E-state index in [9.17, 15) is 9.59 Å². The van der Waals surface area contributed by atoms with Gasteiger partial charge in [0.25, 0.3) is 0 Å². The van der Waals surface area contributed by atoms with E-state index in [1.54, 1.807) is 17.7 Å². The number of esters is 1. The molecule has 8 nitrogen and oxygen atoms in total. The molecule has 160 valence electrons. The Bertz CT molecular complexity index is 1330. The molecule has 0 saturated carbocycles. The van der Waals surface area contributed by atoms with Crippen LogP contribution in [0.1, 0.15) is 23.8 Å². The Kier molecular flexibility index (Phi) is 5.43. The summed E-state index contributed by atoms with van der Waals surface area (Å²) in [6.45, 7) is 2.45. The average Bonchev–Trinajstić information content (AvgIpc) is 3.31. The van der Waals surface area contributed by atoms with E-state index in [-0.39, 0.29) is 23.4 Å². The van der Waals surface area contributed by atoms with Crippen LogP contribution in [-0.4, -0.2) is 40.1 Å². The second-order valence-electron chi connectivity index (χ2n) is 7.38. The van der Waals surface area contributed by atoms with E-state index in [1.165, 1.54) is 21.8 Å². The predicted octanol–water partition coefficient (Wildman–Crippen LogP) is 3.35. The van der Waals surface area contributed by atoms with E-state index < -0.39 is 0 Å². The molecule has 1 aliphatic carbocycles. The van der Waals surface area contributed by atoms with E-state index in [1.807, 2.05) is 25.1 Å². The van der Waals surface area contributed by atoms with Crippen molar-refractivity contribution in [2.45, 2.75) is 32.2 Å². The van der Waals surface area contributed by atoms with Gasteiger partial charge in [-0.3, -0.25) is 9.59 Å². The lowest BCUT2D eigenvalue weighted by atomic mass is 9.93. The highest BCUT2D eigenvalue weighted by Crippen LogP contribution is 2.39. The summed E-state index contributed by atoms with van der Waals surface area (Å²) in [4.78, 5) is 37.2. The molecule has 0 radical (unpaired) electrons. The number of fused-ring (bicyclic) bond motifs is 4. The lowest BCUT2D eigenvalue weighted by Gasteiger charge is -2.23. The zero-order valence-electron chi connectivity index (χ0n) is 16.9. The third-order valence-corrected chi connectivity index (χ3v) is 7.38. The van der Waals surface area contributed by atoms with Gasteiger partial charge >= 0.3 is 10.8 Å². The number of nitrogens with one attached hydrogen (secondary N) is 3. The predicted molar refractivity (Wildman–Crippen MR) is 124 cm³/mol. The number of ether oxygens (including phenoxy) is 1. The molecule has 1 unspecified atom stereocenters. The minimum Gasteiger partial charge on any atom is -0.465 e. The number of thiophene rings is 1. The van der Waals surface area contributed by atoms with Crippen molar-refractivity contribution in [1.29, 1.82) is 0 Å². The molecule has 4 aromatic rings. The quantitative estimate of drug-likeness (QED) is 0.383. The SMILES string of the molecule is CCOC(=O)CNC1CCc2c(sc3ncnc(Nc4ccc5[nH]c(=O)sc5c4)c23)C1. The van der Waals surface area contributed by atoms with Crippen LogP contribution in [0.5, 0.6) is 0 Å². The van der Waals surface area contributed by atoms with Crippen molar-refractivity contribution in [1.82, 2.24) is 20.3 Å². The number of hydrogen-bond donors (Lipinski definition) is 3. The molecule has 3 heterocycles. The molecule has 0 saturated heterocycles. The minimum atomic E-state index is -0.216. The van der Waals surface area contributed by atoms with Crippen LogP contribution < -0.4 is 15.5 Å². The Labute approximate surface area is 185 Å². The van der Waals surface area contributed by atoms with Crippen LogP contribution >= 0.6 is 22.7 Å². The highest BCUT2D eigenvalue weighted by molar-refractivity contribution is 7.19. The molecule has 0 bridgehead atoms. The fourth-order valence-electron chi connectivity index (χ4n) is 3.98. The number of anilines is 2. The molecule has 10 heteroatoms. The standard InChI is InChI=1S/C21H21N5O3S2/c1-2-29-17(27)9-22-11-3-5-13-15(7-11)30-20-18(13)19(23-10-24-20)25-12-4-6-14-16(8-12)31-21(28)26-14/h4,6,8,10-11,22H,2-3,5,7,9H2,1H3,(H,26,28)(H,23,24,25). The van der Waals surface area contributed by atoms with Crippen LogP contribution in [0.4, 0.5) is 11.5 Å². The van der Waals surface area contributed by atoms with Crippen molar-refractivity contribution in [3.63, 3.8) is 0 Å². The van der Waals surface area contributed by atoms with Gasteiger partial charge < -0.3 is 20.4 Å². The third-order valence-electron chi connectivity index (χ3n) is 5.37. The van der Waals surface area contributed by atoms with Crippen molar-refractivity contribution in [2.24, 2.45) is 0 Å². The van der Waals surface area contributed by atoms with Crippen LogP contribution in [0.15, 0.2) is 29.3 Å². The van der Waals surface area contributed by atoms with Crippen LogP contribution in [0.25, 0.3) is 20.4 Å². The number of aromatic amines is 1. The number of hydrogen-bond acceptors (Lipinski definition) is 9. The summed E-state index contributed by atoms with van der Waals surface area (Å²) < 4.78 is 5.91. The maximum atomic E-state index is 11.6. The number of benzene rings is 1. The second-order valence-corrected chi connectivity index (χ2v) is 9.48. The summed E-state index contributed by atoms with van der Waals surface area (Å²) in [6, 6.07) is 6.04. The first-order valence-corrected chi connectivity index (χ1v) is 11.8. The molecule has 5 rings (SSSR count). The minimum absolute atomic E-state index is 0.0606. The number of thiazole rings is 1. The number of H-pyrrole nitrogens is 1. The molecular weight excluding hydrogens is 434 g/mol. The average molecular weight is 456 g/mol. The van der Waals surface area contributed by atoms with Gasteiger partial charge in [-0.05, 0) is 49.9 Å². The van der Waals surface area contributed by atoms with Gasteiger partial charge in [0.1, 0.15) is 17.0 Å². The maximum Gasteiger partial charge on any atom is 0.319 e. The monoisotopic (exact) mass is 455 g/mol. The van der Waals surface area contributed by atoms with Gasteiger partial charge in [0.15, 0.2) is 0 Å². The first kappa shape index (κ1) is 20.1. The summed E-state index contributed by atoms with van der Waals surface area (Å²) in [6.07, 6.45) is 4.28. The van der Waals surface area contributed by atoms with Crippen molar-refractivity contribution < 1.29 is 9.53 Å². The Balaban J connectivity index is 1.40. The molecule has 3 N–H and O–H groups in total. The summed E-state index contributed by atoms with van der Waals surface area (Å²) >= 11 is 2.88. The highest BCUT2D eigenvalue weighted by Gasteiger charge is 2.25. The van der Waals surface area contributed by atoms with Crippen molar-refractivity contribution in [2.75, 3.05) is 18.5 Å². The third kappa shape index (κ3) is 4.06. The second kappa shape index (κ2) is 8.37. The molecule has 3 aromatic heterocycles. The maximum absolute atomic E-state index is 11.6. The van der Waals surface area contributed by atoms with Gasteiger partial charge in [0.2, 0.25) is 0 Å². The van der Waals surface area contributed by atoms with E-state index in [4.69, 9.17) is 4.74 Å². The van der Waals surface area contributed by atoms with Gasteiger partial charge in [-0.1, -0.05) is 11.3 Å². The summed E-state index contributed by atoms with van der Waals surface area (Å²) in [5, 5.41) is 7.80. The molecule has 1 atom stereocenters. The molecule has 0 fully saturated rings. The van der Waals surface area contributed by atoms with Crippen molar-refractivity contribution in [3.05, 3.63) is 44.6 Å². The van der Waals surface area contributed by atoms with Crippen LogP contribution in [0, 0.1) is 0 Å². The number of aryl methyl sites for hydroxylation is 1. The number of rotatable bonds is 6. The topological polar surface area (TPSA) is 109 Å². The largest absolute Gasteiger partial charge is 0.465 e. The van der Waals surface area contributed by atoms with Gasteiger partial charge in [0.05, 0.1) is 28.8 Å². The van der Waals surface area contributed by atoms with E-state index in [0.717, 1.165) is 51.2 Å². The number of carbonyl (C=O) groups is 1. The Morgan fingerprint density at radius 2 is 2.23 bits per heavy atom. The molecular formula is C21H21N5O3S2. The van der Waals surface area contributed by atoms with Crippen molar-refractivity contribution in [3.8, 4) is 0 Å². The molecule has 1 aliphatic rings. The summed E-state index contributed by atoms with van der Waals surface area (Å²) in [5.41, 5.74) is 3.00. The highest BCUT2D eigenvalue weighted by atomic mass is 32.1. The summed E-state index contributed by atoms with van der Waals surface area (Å²) in [5.74, 6) is 0.564. The van der Waals surface area contributed by atoms with E-state index in [0.29, 0.717) is 6.61 Å². The number of nitrogens with zero attached hydrogens (tertiary/aromatic N) is 2. The van der Waals surface area contributed by atoms with Gasteiger partial charge in [-0.25, -0.2) is 9.97 Å². The molecule has 1 aromatic carbocycles. The number of aromatic nitrogens is 3. The van der Waals surface area contributed by atoms with Crippen LogP contribution in [-0.2, 0) is 22.4 Å². The first-order valence-electron chi connectivity index (χ1n) is 10.1. The molecule has 0 amide bonds. The summed E-state index contributed by atoms with van der Waals surface area (Å²) in [7, 11) is 0. The lowest BCUT2D eigenvalue weighted by molar-refractivity contribution is -0.142. The Morgan fingerprint density at radius 1 is 1.32 bits per heavy atom. The first-order chi connectivity index (χ1) is 15.1. The van der Waals surface area contributed by atoms with Gasteiger partial charge in [-0.2, -0.15) is 0 Å². The zero-order valence-corrected chi connectivity index (χ0v) is 18.5. The van der Waals surface area contributed by atoms with E-state index in [2.05, 4.69) is 25.6 Å². The van der Waals surface area contributed by atoms with Gasteiger partial charge in [0, 0.05) is 16.6 Å². The van der Waals surface area contributed by atoms with E-state index >= 15 is 0 Å². The van der Waals surface area contributed by atoms with Crippen molar-refractivity contribution >= 4 is 60.6 Å². The fourth-order valence-corrected chi connectivity index (χ4v) is 6.02. The zero-order chi connectivity index (χ0) is 21.4. The number of carbonyl (C=O) groups excluding carboxylic acids is 1. The molecule has 31 heavy (non-hydrogen) atoms. The van der Waals surface area contributed by atoms with Crippen LogP contribution in [0.2, 0.25) is 0 Å². The smallest absolute Gasteiger partial charge is 0.319 e. The molecule has 0 aliphatic heterocycles. The lowest BCUT2D eigenvalue weighted by Crippen LogP contribution is -2.38. The molecule has 0 spiro atoms. The van der Waals surface area contributed by atoms with Crippen LogP contribution in [0.3, 0.4) is 0 Å². The Morgan fingerprint density at radius 3 is 3.10 bits per heavy atom. The normalized spacial score (nSPS) is 15.8. The Hall–Kier alpha value is -2.82. The fraction of sp³-hybridized carbons (Fsp3) is 0.333. The van der Waals surface area contributed by atoms with Gasteiger partial charge in [-0.15, -0.1) is 11.3 Å².